The lowest BCUT2D eigenvalue weighted by Crippen LogP contribution is -2.29. The van der Waals surface area contributed by atoms with Gasteiger partial charge in [0.25, 0.3) is 5.91 Å². The van der Waals surface area contributed by atoms with Crippen molar-refractivity contribution in [1.82, 2.24) is 15.3 Å². The van der Waals surface area contributed by atoms with Gasteiger partial charge in [0.2, 0.25) is 5.95 Å². The third kappa shape index (κ3) is 5.16. The third-order valence-electron chi connectivity index (χ3n) is 4.38. The predicted molar refractivity (Wildman–Crippen MR) is 100 cm³/mol. The summed E-state index contributed by atoms with van der Waals surface area (Å²) in [6, 6.07) is 9.32. The lowest BCUT2D eigenvalue weighted by molar-refractivity contribution is 0.0949. The fourth-order valence-corrected chi connectivity index (χ4v) is 3.09. The number of aromatic nitrogens is 2. The molecule has 25 heavy (non-hydrogen) atoms. The van der Waals surface area contributed by atoms with E-state index < -0.39 is 0 Å². The summed E-state index contributed by atoms with van der Waals surface area (Å²) in [6.45, 7) is 2.48. The van der Waals surface area contributed by atoms with E-state index >= 15 is 0 Å². The highest BCUT2D eigenvalue weighted by atomic mass is 35.5. The molecule has 6 heteroatoms. The average molecular weight is 359 g/mol. The van der Waals surface area contributed by atoms with Gasteiger partial charge < -0.3 is 10.2 Å². The van der Waals surface area contributed by atoms with Gasteiger partial charge in [-0.25, -0.2) is 9.97 Å². The number of anilines is 1. The standard InChI is InChI=1S/C19H23ClN4O/c20-16-7-5-15(6-8-16)9-11-21-18(25)17-10-12-22-19(23-17)24-13-3-1-2-4-14-24/h5-8,10,12H,1-4,9,11,13-14H2,(H,21,25). The molecular weight excluding hydrogens is 336 g/mol. The molecule has 1 saturated heterocycles. The van der Waals surface area contributed by atoms with Crippen molar-refractivity contribution in [2.75, 3.05) is 24.5 Å². The van der Waals surface area contributed by atoms with Crippen LogP contribution in [0.4, 0.5) is 5.95 Å². The number of nitrogens with zero attached hydrogens (tertiary/aromatic N) is 3. The van der Waals surface area contributed by atoms with Gasteiger partial charge in [-0.3, -0.25) is 4.79 Å². The molecule has 2 heterocycles. The molecule has 1 aliphatic rings. The number of amides is 1. The van der Waals surface area contributed by atoms with Crippen molar-refractivity contribution in [3.8, 4) is 0 Å². The number of hydrogen-bond acceptors (Lipinski definition) is 4. The van der Waals surface area contributed by atoms with E-state index in [0.717, 1.165) is 42.9 Å². The Morgan fingerprint density at radius 3 is 2.52 bits per heavy atom. The summed E-state index contributed by atoms with van der Waals surface area (Å²) in [6.07, 6.45) is 7.23. The molecular formula is C19H23ClN4O. The Bertz CT molecular complexity index is 697. The van der Waals surface area contributed by atoms with Crippen molar-refractivity contribution in [2.24, 2.45) is 0 Å². The largest absolute Gasteiger partial charge is 0.350 e. The van der Waals surface area contributed by atoms with Crippen LogP contribution in [0.25, 0.3) is 0 Å². The van der Waals surface area contributed by atoms with Crippen LogP contribution in [0.2, 0.25) is 5.02 Å². The van der Waals surface area contributed by atoms with Gasteiger partial charge in [-0.1, -0.05) is 36.6 Å². The minimum Gasteiger partial charge on any atom is -0.350 e. The maximum Gasteiger partial charge on any atom is 0.270 e. The van der Waals surface area contributed by atoms with Gasteiger partial charge in [0.05, 0.1) is 0 Å². The molecule has 0 radical (unpaired) electrons. The number of halogens is 1. The lowest BCUT2D eigenvalue weighted by atomic mass is 10.1. The van der Waals surface area contributed by atoms with Gasteiger partial charge in [0.1, 0.15) is 5.69 Å². The summed E-state index contributed by atoms with van der Waals surface area (Å²) in [5.41, 5.74) is 1.56. The molecule has 0 atom stereocenters. The maximum absolute atomic E-state index is 12.4. The summed E-state index contributed by atoms with van der Waals surface area (Å²) >= 11 is 5.88. The van der Waals surface area contributed by atoms with Crippen LogP contribution in [0, 0.1) is 0 Å². The zero-order valence-corrected chi connectivity index (χ0v) is 15.0. The van der Waals surface area contributed by atoms with Crippen molar-refractivity contribution in [3.05, 3.63) is 52.8 Å². The quantitative estimate of drug-likeness (QED) is 0.888. The van der Waals surface area contributed by atoms with Crippen LogP contribution in [-0.4, -0.2) is 35.5 Å². The second-order valence-corrected chi connectivity index (χ2v) is 6.71. The number of benzene rings is 1. The fraction of sp³-hybridized carbons (Fsp3) is 0.421. The zero-order chi connectivity index (χ0) is 17.5. The first-order valence-corrected chi connectivity index (χ1v) is 9.21. The van der Waals surface area contributed by atoms with E-state index in [0.29, 0.717) is 18.2 Å². The Labute approximate surface area is 153 Å². The Morgan fingerprint density at radius 1 is 1.08 bits per heavy atom. The van der Waals surface area contributed by atoms with E-state index in [1.807, 2.05) is 24.3 Å². The van der Waals surface area contributed by atoms with Gasteiger partial charge >= 0.3 is 0 Å². The van der Waals surface area contributed by atoms with Gasteiger partial charge in [-0.2, -0.15) is 0 Å². The molecule has 1 aliphatic heterocycles. The molecule has 0 spiro atoms. The Kier molecular flexibility index (Phi) is 6.23. The van der Waals surface area contributed by atoms with Crippen LogP contribution >= 0.6 is 11.6 Å². The molecule has 1 aromatic heterocycles. The zero-order valence-electron chi connectivity index (χ0n) is 14.2. The van der Waals surface area contributed by atoms with E-state index in [2.05, 4.69) is 20.2 Å². The van der Waals surface area contributed by atoms with E-state index in [1.165, 1.54) is 12.8 Å². The first-order valence-electron chi connectivity index (χ1n) is 8.83. The fourth-order valence-electron chi connectivity index (χ4n) is 2.96. The molecule has 1 fully saturated rings. The molecule has 0 bridgehead atoms. The van der Waals surface area contributed by atoms with Gasteiger partial charge in [0, 0.05) is 30.9 Å². The van der Waals surface area contributed by atoms with Crippen molar-refractivity contribution >= 4 is 23.5 Å². The Balaban J connectivity index is 1.56. The predicted octanol–water partition coefficient (Wildman–Crippen LogP) is 3.48. The summed E-state index contributed by atoms with van der Waals surface area (Å²) in [5.74, 6) is 0.500. The molecule has 0 unspecified atom stereocenters. The monoisotopic (exact) mass is 358 g/mol. The summed E-state index contributed by atoms with van der Waals surface area (Å²) in [7, 11) is 0. The van der Waals surface area contributed by atoms with Crippen LogP contribution in [0.3, 0.4) is 0 Å². The highest BCUT2D eigenvalue weighted by molar-refractivity contribution is 6.30. The SMILES string of the molecule is O=C(NCCc1ccc(Cl)cc1)c1ccnc(N2CCCCCC2)n1. The van der Waals surface area contributed by atoms with E-state index in [-0.39, 0.29) is 5.91 Å². The normalized spacial score (nSPS) is 14.8. The second kappa shape index (κ2) is 8.81. The average Bonchev–Trinajstić information content (AvgIpc) is 2.93. The van der Waals surface area contributed by atoms with Crippen LogP contribution in [-0.2, 0) is 6.42 Å². The highest BCUT2D eigenvalue weighted by Gasteiger charge is 2.15. The van der Waals surface area contributed by atoms with Crippen LogP contribution in [0.5, 0.6) is 0 Å². The molecule has 2 aromatic rings. The molecule has 3 rings (SSSR count). The van der Waals surface area contributed by atoms with Crippen molar-refractivity contribution in [3.63, 3.8) is 0 Å². The number of rotatable bonds is 5. The minimum atomic E-state index is -0.160. The minimum absolute atomic E-state index is 0.160. The van der Waals surface area contributed by atoms with Crippen LogP contribution < -0.4 is 10.2 Å². The second-order valence-electron chi connectivity index (χ2n) is 6.28. The number of hydrogen-bond donors (Lipinski definition) is 1. The maximum atomic E-state index is 12.4. The van der Waals surface area contributed by atoms with Crippen molar-refractivity contribution < 1.29 is 4.79 Å². The Hall–Kier alpha value is -2.14. The van der Waals surface area contributed by atoms with E-state index in [1.54, 1.807) is 12.3 Å². The summed E-state index contributed by atoms with van der Waals surface area (Å²) in [5, 5.41) is 3.64. The first kappa shape index (κ1) is 17.7. The van der Waals surface area contributed by atoms with Crippen LogP contribution in [0.1, 0.15) is 41.7 Å². The molecule has 5 nitrogen and oxygen atoms in total. The van der Waals surface area contributed by atoms with Crippen LogP contribution in [0.15, 0.2) is 36.5 Å². The van der Waals surface area contributed by atoms with Crippen molar-refractivity contribution in [1.29, 1.82) is 0 Å². The highest BCUT2D eigenvalue weighted by Crippen LogP contribution is 2.15. The van der Waals surface area contributed by atoms with E-state index in [4.69, 9.17) is 11.6 Å². The molecule has 0 aliphatic carbocycles. The molecule has 0 saturated carbocycles. The topological polar surface area (TPSA) is 58.1 Å². The number of carbonyl (C=O) groups is 1. The van der Waals surface area contributed by atoms with Crippen molar-refractivity contribution in [2.45, 2.75) is 32.1 Å². The lowest BCUT2D eigenvalue weighted by Gasteiger charge is -2.20. The van der Waals surface area contributed by atoms with Gasteiger partial charge in [-0.15, -0.1) is 0 Å². The van der Waals surface area contributed by atoms with Gasteiger partial charge in [0.15, 0.2) is 0 Å². The smallest absolute Gasteiger partial charge is 0.270 e. The van der Waals surface area contributed by atoms with E-state index in [9.17, 15) is 4.79 Å². The Morgan fingerprint density at radius 2 is 1.80 bits per heavy atom. The first-order chi connectivity index (χ1) is 12.2. The summed E-state index contributed by atoms with van der Waals surface area (Å²) in [4.78, 5) is 23.3. The number of carbonyl (C=O) groups excluding carboxylic acids is 1. The number of nitrogens with one attached hydrogen (secondary N) is 1. The molecule has 1 amide bonds. The molecule has 1 N–H and O–H groups in total. The third-order valence-corrected chi connectivity index (χ3v) is 4.63. The summed E-state index contributed by atoms with van der Waals surface area (Å²) < 4.78 is 0. The molecule has 132 valence electrons. The molecule has 1 aromatic carbocycles. The van der Waals surface area contributed by atoms with Gasteiger partial charge in [-0.05, 0) is 43.0 Å².